The first kappa shape index (κ1) is 12.6. The van der Waals surface area contributed by atoms with Crippen LogP contribution < -0.4 is 4.90 Å². The van der Waals surface area contributed by atoms with Crippen LogP contribution in [0.15, 0.2) is 30.4 Å². The van der Waals surface area contributed by atoms with Crippen molar-refractivity contribution in [3.05, 3.63) is 39.5 Å². The Labute approximate surface area is 131 Å². The number of nitrogens with zero attached hydrogens (tertiary/aromatic N) is 1. The molecule has 4 rings (SSSR count). The number of anilines is 1. The third-order valence-corrected chi connectivity index (χ3v) is 5.54. The van der Waals surface area contributed by atoms with E-state index < -0.39 is 0 Å². The summed E-state index contributed by atoms with van der Waals surface area (Å²) >= 11 is 2.24. The van der Waals surface area contributed by atoms with Gasteiger partial charge in [-0.1, -0.05) is 12.2 Å². The molecule has 0 radical (unpaired) electrons. The summed E-state index contributed by atoms with van der Waals surface area (Å²) in [5.41, 5.74) is 1.74. The van der Waals surface area contributed by atoms with Crippen molar-refractivity contribution in [1.82, 2.24) is 0 Å². The van der Waals surface area contributed by atoms with Gasteiger partial charge in [0.05, 0.1) is 17.5 Å². The molecule has 1 aromatic carbocycles. The lowest BCUT2D eigenvalue weighted by molar-refractivity contribution is -0.123. The highest BCUT2D eigenvalue weighted by Gasteiger charge is 2.59. The van der Waals surface area contributed by atoms with Crippen molar-refractivity contribution in [3.8, 4) is 0 Å². The van der Waals surface area contributed by atoms with E-state index in [-0.39, 0.29) is 35.5 Å². The molecule has 20 heavy (non-hydrogen) atoms. The molecule has 1 aromatic rings. The number of hydrogen-bond donors (Lipinski definition) is 0. The zero-order valence-electron chi connectivity index (χ0n) is 11.0. The number of hydrogen-bond acceptors (Lipinski definition) is 2. The fourth-order valence-electron chi connectivity index (χ4n) is 4.01. The Bertz CT molecular complexity index is 636. The van der Waals surface area contributed by atoms with Crippen molar-refractivity contribution < 1.29 is 9.59 Å². The number of carbonyl (C=O) groups excluding carboxylic acids is 2. The Morgan fingerprint density at radius 2 is 1.70 bits per heavy atom. The molecule has 102 valence electrons. The quantitative estimate of drug-likeness (QED) is 0.428. The second kappa shape index (κ2) is 4.16. The van der Waals surface area contributed by atoms with Gasteiger partial charge in [-0.2, -0.15) is 0 Å². The van der Waals surface area contributed by atoms with E-state index in [1.54, 1.807) is 0 Å². The number of rotatable bonds is 1. The number of halogens is 1. The summed E-state index contributed by atoms with van der Waals surface area (Å²) in [5, 5.41) is 0. The Hall–Kier alpha value is -1.17. The summed E-state index contributed by atoms with van der Waals surface area (Å²) in [6.45, 7) is 1.96. The summed E-state index contributed by atoms with van der Waals surface area (Å²) in [6.07, 6.45) is 5.23. The first-order chi connectivity index (χ1) is 9.58. The van der Waals surface area contributed by atoms with Gasteiger partial charge in [0, 0.05) is 3.57 Å². The van der Waals surface area contributed by atoms with E-state index in [9.17, 15) is 9.59 Å². The van der Waals surface area contributed by atoms with Crippen LogP contribution in [0.5, 0.6) is 0 Å². The molecule has 0 spiro atoms. The topological polar surface area (TPSA) is 37.4 Å². The smallest absolute Gasteiger partial charge is 0.238 e. The van der Waals surface area contributed by atoms with Gasteiger partial charge in [-0.25, -0.2) is 4.90 Å². The van der Waals surface area contributed by atoms with Crippen LogP contribution in [-0.2, 0) is 9.59 Å². The molecule has 3 nitrogen and oxygen atoms in total. The maximum absolute atomic E-state index is 12.7. The Balaban J connectivity index is 1.78. The van der Waals surface area contributed by atoms with E-state index in [1.165, 1.54) is 4.90 Å². The number of imide groups is 1. The van der Waals surface area contributed by atoms with Crippen LogP contribution in [0.1, 0.15) is 12.0 Å². The van der Waals surface area contributed by atoms with Gasteiger partial charge in [-0.15, -0.1) is 0 Å². The summed E-state index contributed by atoms with van der Waals surface area (Å²) < 4.78 is 1.12. The van der Waals surface area contributed by atoms with Crippen molar-refractivity contribution >= 4 is 40.1 Å². The zero-order chi connectivity index (χ0) is 14.0. The Morgan fingerprint density at radius 3 is 2.25 bits per heavy atom. The van der Waals surface area contributed by atoms with Crippen LogP contribution in [0.25, 0.3) is 0 Å². The van der Waals surface area contributed by atoms with E-state index in [0.717, 1.165) is 21.2 Å². The second-order valence-electron chi connectivity index (χ2n) is 5.94. The molecule has 1 heterocycles. The largest absolute Gasteiger partial charge is 0.274 e. The predicted molar refractivity (Wildman–Crippen MR) is 84.1 cm³/mol. The number of benzene rings is 1. The highest BCUT2D eigenvalue weighted by molar-refractivity contribution is 14.1. The molecule has 2 bridgehead atoms. The summed E-state index contributed by atoms with van der Waals surface area (Å²) in [7, 11) is 0. The first-order valence-corrected chi connectivity index (χ1v) is 7.98. The summed E-state index contributed by atoms with van der Waals surface area (Å²) in [6, 6.07) is 5.85. The minimum atomic E-state index is -0.115. The van der Waals surface area contributed by atoms with Crippen molar-refractivity contribution in [2.24, 2.45) is 23.7 Å². The zero-order valence-corrected chi connectivity index (χ0v) is 13.2. The van der Waals surface area contributed by atoms with Crippen LogP contribution >= 0.6 is 22.6 Å². The molecule has 2 amide bonds. The lowest BCUT2D eigenvalue weighted by Gasteiger charge is -2.19. The van der Waals surface area contributed by atoms with E-state index in [4.69, 9.17) is 0 Å². The molecular weight excluding hydrogens is 365 g/mol. The van der Waals surface area contributed by atoms with Crippen LogP contribution in [0.2, 0.25) is 0 Å². The number of carbonyl (C=O) groups is 2. The maximum atomic E-state index is 12.7. The van der Waals surface area contributed by atoms with Crippen molar-refractivity contribution in [1.29, 1.82) is 0 Å². The molecule has 4 atom stereocenters. The van der Waals surface area contributed by atoms with E-state index >= 15 is 0 Å². The lowest BCUT2D eigenvalue weighted by atomic mass is 9.85. The minimum Gasteiger partial charge on any atom is -0.274 e. The molecule has 1 saturated heterocycles. The fraction of sp³-hybridized carbons (Fsp3) is 0.375. The van der Waals surface area contributed by atoms with Gasteiger partial charge < -0.3 is 0 Å². The molecule has 2 aliphatic carbocycles. The highest BCUT2D eigenvalue weighted by Crippen LogP contribution is 2.53. The van der Waals surface area contributed by atoms with Crippen LogP contribution in [-0.4, -0.2) is 11.8 Å². The van der Waals surface area contributed by atoms with E-state index in [1.807, 2.05) is 25.1 Å². The first-order valence-electron chi connectivity index (χ1n) is 6.90. The Morgan fingerprint density at radius 1 is 1.10 bits per heavy atom. The molecular formula is C16H14INO2. The number of amides is 2. The van der Waals surface area contributed by atoms with Gasteiger partial charge in [0.1, 0.15) is 0 Å². The van der Waals surface area contributed by atoms with E-state index in [2.05, 4.69) is 34.7 Å². The molecule has 4 heteroatoms. The number of aryl methyl sites for hydroxylation is 1. The van der Waals surface area contributed by atoms with Gasteiger partial charge in [-0.3, -0.25) is 9.59 Å². The second-order valence-corrected chi connectivity index (χ2v) is 7.19. The monoisotopic (exact) mass is 379 g/mol. The van der Waals surface area contributed by atoms with Gasteiger partial charge in [0.2, 0.25) is 11.8 Å². The van der Waals surface area contributed by atoms with Crippen LogP contribution in [0, 0.1) is 34.2 Å². The van der Waals surface area contributed by atoms with Gasteiger partial charge in [-0.05, 0) is 71.5 Å². The number of allylic oxidation sites excluding steroid dienone is 2. The van der Waals surface area contributed by atoms with Crippen molar-refractivity contribution in [3.63, 3.8) is 0 Å². The third-order valence-electron chi connectivity index (χ3n) is 4.87. The lowest BCUT2D eigenvalue weighted by Crippen LogP contribution is -2.33. The standard InChI is InChI=1S/C16H14INO2/c1-8-6-11(17)4-5-12(8)18-15(19)13-9-2-3-10(7-9)14(13)16(18)20/h2-6,9-10,13-14H,7H2,1H3/t9-,10-,13-,14-/m0/s1. The average Bonchev–Trinajstić information content (AvgIpc) is 3.06. The predicted octanol–water partition coefficient (Wildman–Crippen LogP) is 2.91. The Kier molecular flexibility index (Phi) is 2.61. The molecule has 0 unspecified atom stereocenters. The molecule has 2 fully saturated rings. The summed E-state index contributed by atoms with van der Waals surface area (Å²) in [5.74, 6) is 0.320. The average molecular weight is 379 g/mol. The molecule has 0 aromatic heterocycles. The SMILES string of the molecule is Cc1cc(I)ccc1N1C(=O)[C@@H]2[C@@H](C1=O)[C@H]1C=C[C@H]2C1. The van der Waals surface area contributed by atoms with Gasteiger partial charge in [0.25, 0.3) is 0 Å². The van der Waals surface area contributed by atoms with Crippen LogP contribution in [0.3, 0.4) is 0 Å². The molecule has 1 saturated carbocycles. The van der Waals surface area contributed by atoms with Crippen LogP contribution in [0.4, 0.5) is 5.69 Å². The number of fused-ring (bicyclic) bond motifs is 5. The highest BCUT2D eigenvalue weighted by atomic mass is 127. The van der Waals surface area contributed by atoms with Gasteiger partial charge >= 0.3 is 0 Å². The minimum absolute atomic E-state index is 0.00107. The van der Waals surface area contributed by atoms with E-state index in [0.29, 0.717) is 0 Å². The maximum Gasteiger partial charge on any atom is 0.238 e. The van der Waals surface area contributed by atoms with Crippen molar-refractivity contribution in [2.75, 3.05) is 4.90 Å². The van der Waals surface area contributed by atoms with Crippen molar-refractivity contribution in [2.45, 2.75) is 13.3 Å². The molecule has 0 N–H and O–H groups in total. The third kappa shape index (κ3) is 1.51. The molecule has 1 aliphatic heterocycles. The molecule has 3 aliphatic rings. The summed E-state index contributed by atoms with van der Waals surface area (Å²) in [4.78, 5) is 26.8. The van der Waals surface area contributed by atoms with Gasteiger partial charge in [0.15, 0.2) is 0 Å². The normalized spacial score (nSPS) is 34.2. The fourth-order valence-corrected chi connectivity index (χ4v) is 4.66.